The average Bonchev–Trinajstić information content (AvgIpc) is 3.24. The van der Waals surface area contributed by atoms with Gasteiger partial charge in [-0.25, -0.2) is 14.4 Å². The van der Waals surface area contributed by atoms with Gasteiger partial charge in [0, 0.05) is 40.4 Å². The summed E-state index contributed by atoms with van der Waals surface area (Å²) in [6.45, 7) is 0. The average molecular weight is 518 g/mol. The third-order valence-corrected chi connectivity index (χ3v) is 5.80. The van der Waals surface area contributed by atoms with Gasteiger partial charge in [-0.3, -0.25) is 9.48 Å². The van der Waals surface area contributed by atoms with Crippen LogP contribution < -0.4 is 10.6 Å². The molecule has 0 aliphatic rings. The fraction of sp³-hybridized carbons (Fsp3) is 0.0417. The molecule has 8 nitrogen and oxygen atoms in total. The number of hydrogen-bond donors (Lipinski definition) is 2. The van der Waals surface area contributed by atoms with E-state index in [1.807, 2.05) is 30.3 Å². The van der Waals surface area contributed by atoms with Gasteiger partial charge in [0.05, 0.1) is 6.20 Å². The number of amides is 1. The number of carbonyl (C=O) groups excluding carboxylic acids is 1. The van der Waals surface area contributed by atoms with Crippen molar-refractivity contribution < 1.29 is 9.18 Å². The standard InChI is InChI=1S/C24H17BrFN7O/c1-33-20(10-11-28-33)30-23(34)21-18(17-4-2-3-5-19(17)25)12-14-13-27-24(32-22(14)31-21)29-16-8-6-15(26)7-9-16/h2-13H,1H3,(H,30,34)(H,27,29,31,32). The van der Waals surface area contributed by atoms with Crippen LogP contribution in [0.25, 0.3) is 22.2 Å². The van der Waals surface area contributed by atoms with Crippen molar-refractivity contribution in [2.24, 2.45) is 7.05 Å². The highest BCUT2D eigenvalue weighted by Crippen LogP contribution is 2.32. The number of benzene rings is 2. The van der Waals surface area contributed by atoms with Crippen molar-refractivity contribution in [1.29, 1.82) is 0 Å². The van der Waals surface area contributed by atoms with Gasteiger partial charge in [-0.05, 0) is 42.0 Å². The van der Waals surface area contributed by atoms with Gasteiger partial charge in [0.25, 0.3) is 5.91 Å². The molecule has 0 fully saturated rings. The van der Waals surface area contributed by atoms with Gasteiger partial charge in [0.15, 0.2) is 5.65 Å². The molecule has 0 aliphatic heterocycles. The fourth-order valence-corrected chi connectivity index (χ4v) is 3.91. The third kappa shape index (κ3) is 4.35. The predicted molar refractivity (Wildman–Crippen MR) is 131 cm³/mol. The van der Waals surface area contributed by atoms with Gasteiger partial charge in [-0.15, -0.1) is 0 Å². The van der Waals surface area contributed by atoms with Gasteiger partial charge >= 0.3 is 0 Å². The topological polar surface area (TPSA) is 97.6 Å². The van der Waals surface area contributed by atoms with Crippen LogP contribution in [0.15, 0.2) is 77.5 Å². The highest BCUT2D eigenvalue weighted by atomic mass is 79.9. The molecular weight excluding hydrogens is 501 g/mol. The number of halogens is 2. The molecule has 2 aromatic carbocycles. The highest BCUT2D eigenvalue weighted by molar-refractivity contribution is 9.10. The number of carbonyl (C=O) groups is 1. The van der Waals surface area contributed by atoms with Crippen LogP contribution in [0.5, 0.6) is 0 Å². The number of hydrogen-bond acceptors (Lipinski definition) is 6. The molecule has 3 aromatic heterocycles. The van der Waals surface area contributed by atoms with E-state index < -0.39 is 5.91 Å². The van der Waals surface area contributed by atoms with E-state index in [-0.39, 0.29) is 17.5 Å². The van der Waals surface area contributed by atoms with Crippen molar-refractivity contribution in [2.45, 2.75) is 0 Å². The molecule has 0 bridgehead atoms. The summed E-state index contributed by atoms with van der Waals surface area (Å²) in [6, 6.07) is 17.0. The van der Waals surface area contributed by atoms with Crippen molar-refractivity contribution in [3.63, 3.8) is 0 Å². The summed E-state index contributed by atoms with van der Waals surface area (Å²) in [5.74, 6) is 0.0720. The van der Waals surface area contributed by atoms with Crippen LogP contribution >= 0.6 is 15.9 Å². The maximum Gasteiger partial charge on any atom is 0.276 e. The van der Waals surface area contributed by atoms with Crippen LogP contribution in [0.3, 0.4) is 0 Å². The van der Waals surface area contributed by atoms with Crippen LogP contribution in [-0.2, 0) is 7.05 Å². The smallest absolute Gasteiger partial charge is 0.276 e. The van der Waals surface area contributed by atoms with Crippen LogP contribution in [0.4, 0.5) is 21.8 Å². The fourth-order valence-electron chi connectivity index (χ4n) is 3.42. The number of nitrogens with zero attached hydrogens (tertiary/aromatic N) is 5. The van der Waals surface area contributed by atoms with Gasteiger partial charge in [-0.2, -0.15) is 10.1 Å². The minimum atomic E-state index is -0.400. The molecule has 0 radical (unpaired) electrons. The molecule has 0 aliphatic carbocycles. The van der Waals surface area contributed by atoms with Crippen molar-refractivity contribution >= 4 is 50.3 Å². The molecule has 5 aromatic rings. The quantitative estimate of drug-likeness (QED) is 0.327. The lowest BCUT2D eigenvalue weighted by atomic mass is 10.0. The third-order valence-electron chi connectivity index (χ3n) is 5.11. The molecule has 0 saturated carbocycles. The summed E-state index contributed by atoms with van der Waals surface area (Å²) in [5, 5.41) is 10.6. The number of fused-ring (bicyclic) bond motifs is 1. The Morgan fingerprint density at radius 2 is 1.82 bits per heavy atom. The zero-order chi connectivity index (χ0) is 23.7. The molecule has 168 valence electrons. The first-order valence-corrected chi connectivity index (χ1v) is 11.0. The Kier molecular flexibility index (Phi) is 5.72. The predicted octanol–water partition coefficient (Wildman–Crippen LogP) is 5.32. The largest absolute Gasteiger partial charge is 0.324 e. The second-order valence-electron chi connectivity index (χ2n) is 7.40. The highest BCUT2D eigenvalue weighted by Gasteiger charge is 2.20. The first-order valence-electron chi connectivity index (χ1n) is 10.2. The van der Waals surface area contributed by atoms with E-state index in [9.17, 15) is 9.18 Å². The van der Waals surface area contributed by atoms with E-state index in [4.69, 9.17) is 0 Å². The Morgan fingerprint density at radius 3 is 2.56 bits per heavy atom. The van der Waals surface area contributed by atoms with Crippen LogP contribution in [0, 0.1) is 5.82 Å². The summed E-state index contributed by atoms with van der Waals surface area (Å²) in [6.07, 6.45) is 3.23. The molecule has 0 unspecified atom stereocenters. The maximum atomic E-state index is 13.3. The lowest BCUT2D eigenvalue weighted by molar-refractivity contribution is 0.102. The Balaban J connectivity index is 1.60. The normalized spacial score (nSPS) is 10.9. The molecule has 3 heterocycles. The second-order valence-corrected chi connectivity index (χ2v) is 8.25. The Hall–Kier alpha value is -4.18. The first-order chi connectivity index (χ1) is 16.5. The van der Waals surface area contributed by atoms with Crippen LogP contribution in [0.2, 0.25) is 0 Å². The molecule has 5 rings (SSSR count). The second kappa shape index (κ2) is 8.99. The van der Waals surface area contributed by atoms with E-state index in [1.165, 1.54) is 12.1 Å². The van der Waals surface area contributed by atoms with Crippen LogP contribution in [0.1, 0.15) is 10.5 Å². The molecule has 0 spiro atoms. The summed E-state index contributed by atoms with van der Waals surface area (Å²) in [5.41, 5.74) is 2.60. The lowest BCUT2D eigenvalue weighted by Crippen LogP contribution is -2.17. The zero-order valence-corrected chi connectivity index (χ0v) is 19.4. The number of aromatic nitrogens is 5. The number of rotatable bonds is 5. The molecule has 10 heteroatoms. The number of anilines is 3. The van der Waals surface area contributed by atoms with E-state index in [0.29, 0.717) is 28.1 Å². The van der Waals surface area contributed by atoms with E-state index in [0.717, 1.165) is 10.0 Å². The van der Waals surface area contributed by atoms with Crippen molar-refractivity contribution in [3.05, 3.63) is 89.0 Å². The minimum absolute atomic E-state index is 0.201. The molecular formula is C24H17BrFN7O. The summed E-state index contributed by atoms with van der Waals surface area (Å²) in [7, 11) is 1.73. The van der Waals surface area contributed by atoms with Gasteiger partial charge in [-0.1, -0.05) is 34.1 Å². The Labute approximate surface area is 202 Å². The van der Waals surface area contributed by atoms with Crippen molar-refractivity contribution in [2.75, 3.05) is 10.6 Å². The minimum Gasteiger partial charge on any atom is -0.324 e. The zero-order valence-electron chi connectivity index (χ0n) is 17.8. The van der Waals surface area contributed by atoms with E-state index in [2.05, 4.69) is 46.6 Å². The summed E-state index contributed by atoms with van der Waals surface area (Å²) in [4.78, 5) is 26.7. The molecule has 2 N–H and O–H groups in total. The SMILES string of the molecule is Cn1nccc1NC(=O)c1nc2nc(Nc3ccc(F)cc3)ncc2cc1-c1ccccc1Br. The summed E-state index contributed by atoms with van der Waals surface area (Å²) >= 11 is 3.56. The monoisotopic (exact) mass is 517 g/mol. The van der Waals surface area contributed by atoms with Crippen LogP contribution in [-0.4, -0.2) is 30.6 Å². The first kappa shape index (κ1) is 21.7. The lowest BCUT2D eigenvalue weighted by Gasteiger charge is -2.13. The van der Waals surface area contributed by atoms with Gasteiger partial charge < -0.3 is 10.6 Å². The van der Waals surface area contributed by atoms with Gasteiger partial charge in [0.1, 0.15) is 17.3 Å². The number of aryl methyl sites for hydroxylation is 1. The van der Waals surface area contributed by atoms with E-state index in [1.54, 1.807) is 42.3 Å². The molecule has 1 amide bonds. The summed E-state index contributed by atoms with van der Waals surface area (Å²) < 4.78 is 15.6. The molecule has 34 heavy (non-hydrogen) atoms. The number of pyridine rings is 1. The van der Waals surface area contributed by atoms with E-state index >= 15 is 0 Å². The number of nitrogens with one attached hydrogen (secondary N) is 2. The van der Waals surface area contributed by atoms with Crippen molar-refractivity contribution in [3.8, 4) is 11.1 Å². The van der Waals surface area contributed by atoms with Gasteiger partial charge in [0.2, 0.25) is 5.95 Å². The van der Waals surface area contributed by atoms with Crippen molar-refractivity contribution in [1.82, 2.24) is 24.7 Å². The molecule has 0 saturated heterocycles. The molecule has 0 atom stereocenters. The Morgan fingerprint density at radius 1 is 1.03 bits per heavy atom. The maximum absolute atomic E-state index is 13.3. The Bertz CT molecular complexity index is 1520.